The van der Waals surface area contributed by atoms with Crippen LogP contribution in [0, 0.1) is 0 Å². The summed E-state index contributed by atoms with van der Waals surface area (Å²) in [6.07, 6.45) is 7.34. The van der Waals surface area contributed by atoms with Gasteiger partial charge in [-0.2, -0.15) is 5.10 Å². The maximum Gasteiger partial charge on any atom is 0.129 e. The molecule has 2 rings (SSSR count). The van der Waals surface area contributed by atoms with Crippen LogP contribution >= 0.6 is 0 Å². The summed E-state index contributed by atoms with van der Waals surface area (Å²) in [5.74, 6) is 0.861. The van der Waals surface area contributed by atoms with Gasteiger partial charge in [0.1, 0.15) is 12.1 Å². The SMILES string of the molecule is CCCc1cc(NCc2cn[nH]c2)ncn1. The lowest BCUT2D eigenvalue weighted by Crippen LogP contribution is -2.02. The number of hydrogen-bond acceptors (Lipinski definition) is 4. The highest BCUT2D eigenvalue weighted by Crippen LogP contribution is 2.07. The topological polar surface area (TPSA) is 66.5 Å². The van der Waals surface area contributed by atoms with E-state index in [-0.39, 0.29) is 0 Å². The van der Waals surface area contributed by atoms with Gasteiger partial charge in [0.15, 0.2) is 0 Å². The normalized spacial score (nSPS) is 10.3. The molecule has 0 radical (unpaired) electrons. The van der Waals surface area contributed by atoms with E-state index in [1.54, 1.807) is 12.5 Å². The number of nitrogens with zero attached hydrogens (tertiary/aromatic N) is 3. The summed E-state index contributed by atoms with van der Waals surface area (Å²) in [5.41, 5.74) is 2.18. The molecule has 0 atom stereocenters. The average molecular weight is 217 g/mol. The number of H-pyrrole nitrogens is 1. The summed E-state index contributed by atoms with van der Waals surface area (Å²) >= 11 is 0. The van der Waals surface area contributed by atoms with E-state index < -0.39 is 0 Å². The summed E-state index contributed by atoms with van der Waals surface area (Å²) in [6, 6.07) is 1.99. The first-order valence-corrected chi connectivity index (χ1v) is 5.41. The lowest BCUT2D eigenvalue weighted by molar-refractivity contribution is 0.871. The molecule has 0 amide bonds. The van der Waals surface area contributed by atoms with Crippen LogP contribution in [0.5, 0.6) is 0 Å². The molecule has 2 heterocycles. The molecule has 0 aliphatic rings. The Morgan fingerprint density at radius 2 is 2.31 bits per heavy atom. The van der Waals surface area contributed by atoms with Crippen LogP contribution in [-0.2, 0) is 13.0 Å². The Balaban J connectivity index is 1.96. The zero-order valence-corrected chi connectivity index (χ0v) is 9.27. The molecule has 0 fully saturated rings. The van der Waals surface area contributed by atoms with Gasteiger partial charge in [-0.15, -0.1) is 0 Å². The van der Waals surface area contributed by atoms with Gasteiger partial charge in [0.25, 0.3) is 0 Å². The maximum absolute atomic E-state index is 4.20. The smallest absolute Gasteiger partial charge is 0.129 e. The standard InChI is InChI=1S/C11H15N5/c1-2-3-10-4-11(14-8-13-10)12-5-9-6-15-16-7-9/h4,6-8H,2-3,5H2,1H3,(H,15,16)(H,12,13,14). The van der Waals surface area contributed by atoms with Crippen molar-refractivity contribution in [2.75, 3.05) is 5.32 Å². The van der Waals surface area contributed by atoms with Gasteiger partial charge in [-0.3, -0.25) is 5.10 Å². The molecule has 0 unspecified atom stereocenters. The fourth-order valence-electron chi connectivity index (χ4n) is 1.45. The third-order valence-corrected chi connectivity index (χ3v) is 2.26. The third-order valence-electron chi connectivity index (χ3n) is 2.26. The van der Waals surface area contributed by atoms with Gasteiger partial charge in [0.05, 0.1) is 6.20 Å². The van der Waals surface area contributed by atoms with Gasteiger partial charge in [0, 0.05) is 30.1 Å². The van der Waals surface area contributed by atoms with Crippen LogP contribution in [0.3, 0.4) is 0 Å². The van der Waals surface area contributed by atoms with Gasteiger partial charge < -0.3 is 5.32 Å². The maximum atomic E-state index is 4.20. The van der Waals surface area contributed by atoms with Crippen LogP contribution in [0.1, 0.15) is 24.6 Å². The highest BCUT2D eigenvalue weighted by molar-refractivity contribution is 5.35. The van der Waals surface area contributed by atoms with Crippen molar-refractivity contribution in [3.8, 4) is 0 Å². The van der Waals surface area contributed by atoms with Crippen molar-refractivity contribution in [2.24, 2.45) is 0 Å². The van der Waals surface area contributed by atoms with Gasteiger partial charge in [0.2, 0.25) is 0 Å². The molecule has 0 bridgehead atoms. The minimum Gasteiger partial charge on any atom is -0.366 e. The summed E-state index contributed by atoms with van der Waals surface area (Å²) in [5, 5.41) is 9.89. The van der Waals surface area contributed by atoms with Crippen LogP contribution in [0.25, 0.3) is 0 Å². The predicted octanol–water partition coefficient (Wildman–Crippen LogP) is 1.76. The summed E-state index contributed by atoms with van der Waals surface area (Å²) in [4.78, 5) is 8.37. The second kappa shape index (κ2) is 5.25. The molecule has 2 aromatic heterocycles. The molecule has 2 N–H and O–H groups in total. The highest BCUT2D eigenvalue weighted by atomic mass is 15.1. The molecule has 84 valence electrons. The number of hydrogen-bond donors (Lipinski definition) is 2. The molecular weight excluding hydrogens is 202 g/mol. The lowest BCUT2D eigenvalue weighted by Gasteiger charge is -2.04. The van der Waals surface area contributed by atoms with E-state index in [2.05, 4.69) is 32.4 Å². The minimum atomic E-state index is 0.721. The van der Waals surface area contributed by atoms with Crippen molar-refractivity contribution in [1.82, 2.24) is 20.2 Å². The molecular formula is C11H15N5. The zero-order valence-electron chi connectivity index (χ0n) is 9.27. The van der Waals surface area contributed by atoms with Gasteiger partial charge >= 0.3 is 0 Å². The number of nitrogens with one attached hydrogen (secondary N) is 2. The Morgan fingerprint density at radius 3 is 3.06 bits per heavy atom. The van der Waals surface area contributed by atoms with Gasteiger partial charge in [-0.25, -0.2) is 9.97 Å². The molecule has 2 aromatic rings. The molecule has 5 heteroatoms. The number of rotatable bonds is 5. The quantitative estimate of drug-likeness (QED) is 0.801. The van der Waals surface area contributed by atoms with E-state index in [0.717, 1.165) is 36.5 Å². The molecule has 16 heavy (non-hydrogen) atoms. The van der Waals surface area contributed by atoms with Gasteiger partial charge in [-0.05, 0) is 6.42 Å². The van der Waals surface area contributed by atoms with Crippen molar-refractivity contribution in [3.63, 3.8) is 0 Å². The molecule has 5 nitrogen and oxygen atoms in total. The largest absolute Gasteiger partial charge is 0.366 e. The number of aromatic amines is 1. The molecule has 0 aliphatic heterocycles. The van der Waals surface area contributed by atoms with E-state index in [1.807, 2.05) is 12.3 Å². The fourth-order valence-corrected chi connectivity index (χ4v) is 1.45. The Hall–Kier alpha value is -1.91. The summed E-state index contributed by atoms with van der Waals surface area (Å²) < 4.78 is 0. The average Bonchev–Trinajstić information content (AvgIpc) is 2.80. The molecule has 0 spiro atoms. The first kappa shape index (κ1) is 10.6. The predicted molar refractivity (Wildman–Crippen MR) is 61.9 cm³/mol. The monoisotopic (exact) mass is 217 g/mol. The van der Waals surface area contributed by atoms with Crippen LogP contribution < -0.4 is 5.32 Å². The van der Waals surface area contributed by atoms with Crippen molar-refractivity contribution in [2.45, 2.75) is 26.3 Å². The van der Waals surface area contributed by atoms with Crippen molar-refractivity contribution in [3.05, 3.63) is 36.0 Å². The Bertz CT molecular complexity index is 424. The van der Waals surface area contributed by atoms with Crippen LogP contribution in [0.2, 0.25) is 0 Å². The van der Waals surface area contributed by atoms with Crippen LogP contribution in [-0.4, -0.2) is 20.2 Å². The molecule has 0 aromatic carbocycles. The van der Waals surface area contributed by atoms with Crippen molar-refractivity contribution in [1.29, 1.82) is 0 Å². The number of aromatic nitrogens is 4. The highest BCUT2D eigenvalue weighted by Gasteiger charge is 1.98. The number of anilines is 1. The minimum absolute atomic E-state index is 0.721. The van der Waals surface area contributed by atoms with E-state index in [1.165, 1.54) is 0 Å². The third kappa shape index (κ3) is 2.79. The van der Waals surface area contributed by atoms with Crippen molar-refractivity contribution >= 4 is 5.82 Å². The van der Waals surface area contributed by atoms with E-state index in [4.69, 9.17) is 0 Å². The van der Waals surface area contributed by atoms with E-state index >= 15 is 0 Å². The summed E-state index contributed by atoms with van der Waals surface area (Å²) in [7, 11) is 0. The Labute approximate surface area is 94.3 Å². The summed E-state index contributed by atoms with van der Waals surface area (Å²) in [6.45, 7) is 2.86. The number of aryl methyl sites for hydroxylation is 1. The van der Waals surface area contributed by atoms with Gasteiger partial charge in [-0.1, -0.05) is 13.3 Å². The molecule has 0 aliphatic carbocycles. The zero-order chi connectivity index (χ0) is 11.2. The second-order valence-electron chi connectivity index (χ2n) is 3.60. The first-order valence-electron chi connectivity index (χ1n) is 5.41. The van der Waals surface area contributed by atoms with E-state index in [0.29, 0.717) is 0 Å². The Kier molecular flexibility index (Phi) is 3.48. The second-order valence-corrected chi connectivity index (χ2v) is 3.60. The van der Waals surface area contributed by atoms with Crippen molar-refractivity contribution < 1.29 is 0 Å². The first-order chi connectivity index (χ1) is 7.88. The molecule has 0 saturated heterocycles. The van der Waals surface area contributed by atoms with E-state index in [9.17, 15) is 0 Å². The van der Waals surface area contributed by atoms with Crippen LogP contribution in [0.15, 0.2) is 24.8 Å². The molecule has 0 saturated carbocycles. The van der Waals surface area contributed by atoms with Crippen LogP contribution in [0.4, 0.5) is 5.82 Å². The fraction of sp³-hybridized carbons (Fsp3) is 0.364. The lowest BCUT2D eigenvalue weighted by atomic mass is 10.2. The Morgan fingerprint density at radius 1 is 1.38 bits per heavy atom.